The quantitative estimate of drug-likeness (QED) is 0.480. The van der Waals surface area contributed by atoms with Gasteiger partial charge in [-0.2, -0.15) is 4.98 Å². The highest BCUT2D eigenvalue weighted by molar-refractivity contribution is 7.22. The average Bonchev–Trinajstić information content (AvgIpc) is 3.51. The Kier molecular flexibility index (Phi) is 5.70. The molecule has 1 fully saturated rings. The summed E-state index contributed by atoms with van der Waals surface area (Å²) < 4.78 is 12.1. The Morgan fingerprint density at radius 2 is 1.91 bits per heavy atom. The fourth-order valence-electron chi connectivity index (χ4n) is 3.56. The first kappa shape index (κ1) is 20.4. The third-order valence-electron chi connectivity index (χ3n) is 5.18. The van der Waals surface area contributed by atoms with E-state index in [-0.39, 0.29) is 19.0 Å². The fourth-order valence-corrected chi connectivity index (χ4v) is 4.67. The summed E-state index contributed by atoms with van der Waals surface area (Å²) in [6.45, 7) is 2.80. The largest absolute Gasteiger partial charge is 0.467 e. The maximum absolute atomic E-state index is 13.0. The summed E-state index contributed by atoms with van der Waals surface area (Å²) in [5.74, 6) is 0.334. The Morgan fingerprint density at radius 1 is 1.09 bits per heavy atom. The van der Waals surface area contributed by atoms with Crippen molar-refractivity contribution in [2.45, 2.75) is 13.1 Å². The van der Waals surface area contributed by atoms with E-state index in [1.807, 2.05) is 30.3 Å². The van der Waals surface area contributed by atoms with Crippen LogP contribution in [0.25, 0.3) is 21.6 Å². The molecule has 1 aliphatic rings. The minimum Gasteiger partial charge on any atom is -0.467 e. The predicted molar refractivity (Wildman–Crippen MR) is 121 cm³/mol. The molecule has 4 aromatic rings. The molecular weight excluding hydrogens is 430 g/mol. The minimum absolute atomic E-state index is 0.150. The molecule has 5 rings (SSSR count). The van der Waals surface area contributed by atoms with E-state index in [9.17, 15) is 9.59 Å². The van der Waals surface area contributed by atoms with Crippen molar-refractivity contribution < 1.29 is 13.9 Å². The van der Waals surface area contributed by atoms with Crippen LogP contribution in [0.5, 0.6) is 0 Å². The first-order valence-electron chi connectivity index (χ1n) is 10.3. The average molecular weight is 452 g/mol. The first-order chi connectivity index (χ1) is 15.7. The third kappa shape index (κ3) is 4.14. The van der Waals surface area contributed by atoms with Crippen LogP contribution in [0.4, 0.5) is 5.13 Å². The zero-order valence-electron chi connectivity index (χ0n) is 17.2. The Labute approximate surface area is 187 Å². The molecule has 1 N–H and O–H groups in total. The lowest BCUT2D eigenvalue weighted by Gasteiger charge is -2.25. The van der Waals surface area contributed by atoms with Gasteiger partial charge in [-0.15, -0.1) is 0 Å². The van der Waals surface area contributed by atoms with Crippen LogP contribution in [0, 0.1) is 0 Å². The van der Waals surface area contributed by atoms with Gasteiger partial charge >= 0.3 is 5.69 Å². The minimum atomic E-state index is -0.485. The Morgan fingerprint density at radius 3 is 2.66 bits per heavy atom. The van der Waals surface area contributed by atoms with Crippen molar-refractivity contribution >= 4 is 32.7 Å². The summed E-state index contributed by atoms with van der Waals surface area (Å²) in [5, 5.41) is 3.57. The molecule has 0 spiro atoms. The number of rotatable bonds is 6. The number of fused-ring (bicyclic) bond motifs is 1. The third-order valence-corrected chi connectivity index (χ3v) is 6.32. The molecule has 10 heteroatoms. The van der Waals surface area contributed by atoms with Crippen molar-refractivity contribution in [2.75, 3.05) is 31.2 Å². The Bertz CT molecular complexity index is 1280. The highest BCUT2D eigenvalue weighted by Gasteiger charge is 2.22. The topological polar surface area (TPSA) is 102 Å². The number of benzene rings is 1. The van der Waals surface area contributed by atoms with Crippen molar-refractivity contribution in [1.82, 2.24) is 19.9 Å². The standard InChI is InChI=1S/C22H21N5O4S/c28-17(23-13-16-7-4-10-31-16)14-27-20-19(25-22(32-20)26-8-11-30-12-9-26)18(24-21(27)29)15-5-2-1-3-6-15/h1-7,10H,8-9,11-14H2,(H,23,28). The number of carbonyl (C=O) groups excluding carboxylic acids is 1. The summed E-state index contributed by atoms with van der Waals surface area (Å²) >= 11 is 1.39. The normalized spacial score (nSPS) is 14.1. The van der Waals surface area contributed by atoms with Crippen molar-refractivity contribution in [3.05, 3.63) is 65.0 Å². The molecule has 0 unspecified atom stereocenters. The second-order valence-electron chi connectivity index (χ2n) is 7.30. The van der Waals surface area contributed by atoms with Gasteiger partial charge in [0.2, 0.25) is 5.91 Å². The van der Waals surface area contributed by atoms with Crippen LogP contribution in [-0.4, -0.2) is 46.7 Å². The van der Waals surface area contributed by atoms with Gasteiger partial charge in [-0.05, 0) is 12.1 Å². The number of nitrogens with one attached hydrogen (secondary N) is 1. The maximum Gasteiger partial charge on any atom is 0.349 e. The molecule has 164 valence electrons. The number of anilines is 1. The summed E-state index contributed by atoms with van der Waals surface area (Å²) in [6.07, 6.45) is 1.55. The second kappa shape index (κ2) is 8.93. The van der Waals surface area contributed by atoms with Gasteiger partial charge in [0.05, 0.1) is 26.0 Å². The van der Waals surface area contributed by atoms with E-state index in [1.54, 1.807) is 18.4 Å². The van der Waals surface area contributed by atoms with Crippen LogP contribution in [-0.2, 0) is 22.6 Å². The van der Waals surface area contributed by atoms with E-state index in [4.69, 9.17) is 14.1 Å². The first-order valence-corrected chi connectivity index (χ1v) is 11.1. The fraction of sp³-hybridized carbons (Fsp3) is 0.273. The molecule has 0 bridgehead atoms. The number of nitrogens with zero attached hydrogens (tertiary/aromatic N) is 4. The number of ether oxygens (including phenoxy) is 1. The molecule has 1 aromatic carbocycles. The molecule has 1 aliphatic heterocycles. The molecule has 0 atom stereocenters. The molecule has 3 aromatic heterocycles. The van der Waals surface area contributed by atoms with Crippen LogP contribution in [0.15, 0.2) is 57.9 Å². The van der Waals surface area contributed by atoms with Crippen LogP contribution in [0.3, 0.4) is 0 Å². The molecule has 0 saturated carbocycles. The van der Waals surface area contributed by atoms with E-state index in [2.05, 4.69) is 15.2 Å². The molecule has 4 heterocycles. The van der Waals surface area contributed by atoms with Crippen LogP contribution in [0.1, 0.15) is 5.76 Å². The molecule has 1 amide bonds. The summed E-state index contributed by atoms with van der Waals surface area (Å²) in [5.41, 5.74) is 1.46. The highest BCUT2D eigenvalue weighted by atomic mass is 32.1. The lowest BCUT2D eigenvalue weighted by molar-refractivity contribution is -0.121. The van der Waals surface area contributed by atoms with Crippen molar-refractivity contribution in [3.8, 4) is 11.3 Å². The lowest BCUT2D eigenvalue weighted by Crippen LogP contribution is -2.36. The van der Waals surface area contributed by atoms with Crippen molar-refractivity contribution in [1.29, 1.82) is 0 Å². The number of hydrogen-bond acceptors (Lipinski definition) is 8. The summed E-state index contributed by atoms with van der Waals surface area (Å²) in [6, 6.07) is 13.0. The van der Waals surface area contributed by atoms with Gasteiger partial charge in [0, 0.05) is 18.7 Å². The molecule has 32 heavy (non-hydrogen) atoms. The summed E-state index contributed by atoms with van der Waals surface area (Å²) in [4.78, 5) is 37.5. The monoisotopic (exact) mass is 451 g/mol. The molecular formula is C22H21N5O4S. The van der Waals surface area contributed by atoms with E-state index >= 15 is 0 Å². The zero-order valence-corrected chi connectivity index (χ0v) is 18.0. The van der Waals surface area contributed by atoms with E-state index in [0.29, 0.717) is 35.0 Å². The molecule has 1 saturated heterocycles. The van der Waals surface area contributed by atoms with Crippen molar-refractivity contribution in [3.63, 3.8) is 0 Å². The summed E-state index contributed by atoms with van der Waals surface area (Å²) in [7, 11) is 0. The smallest absolute Gasteiger partial charge is 0.349 e. The SMILES string of the molecule is O=C(Cn1c(=O)nc(-c2ccccc2)c2nc(N3CCOCC3)sc21)NCc1ccco1. The maximum atomic E-state index is 13.0. The van der Waals surface area contributed by atoms with Gasteiger partial charge in [0.15, 0.2) is 5.13 Å². The predicted octanol–water partition coefficient (Wildman–Crippen LogP) is 2.27. The van der Waals surface area contributed by atoms with Gasteiger partial charge in [-0.1, -0.05) is 41.7 Å². The van der Waals surface area contributed by atoms with E-state index < -0.39 is 5.69 Å². The van der Waals surface area contributed by atoms with Gasteiger partial charge in [0.1, 0.15) is 28.3 Å². The number of thiazole rings is 1. The molecule has 0 aliphatic carbocycles. The number of hydrogen-bond donors (Lipinski definition) is 1. The Balaban J connectivity index is 1.53. The van der Waals surface area contributed by atoms with Gasteiger partial charge in [0.25, 0.3) is 0 Å². The molecule has 9 nitrogen and oxygen atoms in total. The number of carbonyl (C=O) groups is 1. The number of furan rings is 1. The van der Waals surface area contributed by atoms with Gasteiger partial charge in [-0.25, -0.2) is 9.78 Å². The number of morpholine rings is 1. The van der Waals surface area contributed by atoms with Crippen LogP contribution in [0.2, 0.25) is 0 Å². The Hall–Kier alpha value is -3.50. The van der Waals surface area contributed by atoms with Crippen LogP contribution >= 0.6 is 11.3 Å². The van der Waals surface area contributed by atoms with Gasteiger partial charge in [-0.3, -0.25) is 9.36 Å². The van der Waals surface area contributed by atoms with Gasteiger partial charge < -0.3 is 19.4 Å². The van der Waals surface area contributed by atoms with Crippen LogP contribution < -0.4 is 15.9 Å². The zero-order chi connectivity index (χ0) is 21.9. The number of amides is 1. The molecule has 0 radical (unpaired) electrons. The van der Waals surface area contributed by atoms with E-state index in [1.165, 1.54) is 15.9 Å². The highest BCUT2D eigenvalue weighted by Crippen LogP contribution is 2.33. The van der Waals surface area contributed by atoms with E-state index in [0.717, 1.165) is 23.8 Å². The second-order valence-corrected chi connectivity index (χ2v) is 8.26. The lowest BCUT2D eigenvalue weighted by atomic mass is 10.1. The number of aromatic nitrogens is 3. The van der Waals surface area contributed by atoms with Crippen molar-refractivity contribution in [2.24, 2.45) is 0 Å².